The Labute approximate surface area is 140 Å². The Hall–Kier alpha value is -0.410. The Kier molecular flexibility index (Phi) is 3.53. The maximum atomic E-state index is 12.4. The summed E-state index contributed by atoms with van der Waals surface area (Å²) < 4.78 is 5.42. The largest absolute Gasteiger partial charge is 0.365 e. The lowest BCUT2D eigenvalue weighted by Gasteiger charge is -2.61. The predicted molar refractivity (Wildman–Crippen MR) is 88.7 cm³/mol. The zero-order chi connectivity index (χ0) is 16.5. The van der Waals surface area contributed by atoms with Gasteiger partial charge in [-0.25, -0.2) is 0 Å². The van der Waals surface area contributed by atoms with E-state index >= 15 is 0 Å². The van der Waals surface area contributed by atoms with Crippen molar-refractivity contribution in [1.82, 2.24) is 0 Å². The zero-order valence-corrected chi connectivity index (χ0v) is 14.9. The van der Waals surface area contributed by atoms with Gasteiger partial charge in [0, 0.05) is 31.8 Å². The minimum absolute atomic E-state index is 0.0215. The number of methoxy groups -OCH3 is 1. The summed E-state index contributed by atoms with van der Waals surface area (Å²) in [7, 11) is 1.64. The molecule has 3 heteroatoms. The van der Waals surface area contributed by atoms with Crippen molar-refractivity contribution >= 4 is 5.78 Å². The normalized spacial score (nSPS) is 55.9. The van der Waals surface area contributed by atoms with Crippen LogP contribution in [0.25, 0.3) is 0 Å². The molecular formula is C20H32O3. The molecule has 0 bridgehead atoms. The SMILES string of the molecule is CO[C@@]1(O)CC[C@@]2(C)C(CC[C@H]3C4CCC(=O)[C@@]4(C)CC[C@@H]32)C1. The van der Waals surface area contributed by atoms with E-state index in [0.29, 0.717) is 23.0 Å². The van der Waals surface area contributed by atoms with Crippen LogP contribution < -0.4 is 0 Å². The molecule has 4 saturated carbocycles. The molecule has 0 radical (unpaired) electrons. The molecule has 0 amide bonds. The Bertz CT molecular complexity index is 517. The molecule has 0 heterocycles. The first-order chi connectivity index (χ1) is 10.8. The topological polar surface area (TPSA) is 46.5 Å². The molecule has 4 rings (SSSR count). The van der Waals surface area contributed by atoms with Gasteiger partial charge in [0.1, 0.15) is 5.78 Å². The van der Waals surface area contributed by atoms with Gasteiger partial charge in [0.25, 0.3) is 0 Å². The van der Waals surface area contributed by atoms with Crippen LogP contribution in [0.4, 0.5) is 0 Å². The van der Waals surface area contributed by atoms with Gasteiger partial charge >= 0.3 is 0 Å². The molecule has 3 nitrogen and oxygen atoms in total. The molecular weight excluding hydrogens is 288 g/mol. The summed E-state index contributed by atoms with van der Waals surface area (Å²) in [6.45, 7) is 4.73. The molecule has 0 aliphatic heterocycles. The molecule has 23 heavy (non-hydrogen) atoms. The van der Waals surface area contributed by atoms with Gasteiger partial charge in [0.05, 0.1) is 0 Å². The van der Waals surface area contributed by atoms with Gasteiger partial charge in [-0.2, -0.15) is 0 Å². The van der Waals surface area contributed by atoms with Crippen LogP contribution in [-0.4, -0.2) is 23.8 Å². The van der Waals surface area contributed by atoms with Crippen LogP contribution in [0.2, 0.25) is 0 Å². The van der Waals surface area contributed by atoms with Crippen LogP contribution in [-0.2, 0) is 9.53 Å². The first kappa shape index (κ1) is 16.1. The van der Waals surface area contributed by atoms with Crippen LogP contribution >= 0.6 is 0 Å². The Balaban J connectivity index is 1.61. The van der Waals surface area contributed by atoms with E-state index in [9.17, 15) is 9.90 Å². The molecule has 0 aromatic rings. The molecule has 0 saturated heterocycles. The number of Topliss-reactive ketones (excluding diaryl/α,β-unsaturated/α-hetero) is 1. The number of ether oxygens (including phenoxy) is 1. The van der Waals surface area contributed by atoms with E-state index in [1.807, 2.05) is 0 Å². The number of aliphatic hydroxyl groups is 1. The number of hydrogen-bond donors (Lipinski definition) is 1. The quantitative estimate of drug-likeness (QED) is 0.745. The van der Waals surface area contributed by atoms with Gasteiger partial charge in [-0.1, -0.05) is 13.8 Å². The maximum Gasteiger partial charge on any atom is 0.165 e. The summed E-state index contributed by atoms with van der Waals surface area (Å²) in [5.41, 5.74) is 0.312. The lowest BCUT2D eigenvalue weighted by Crippen LogP contribution is -2.56. The lowest BCUT2D eigenvalue weighted by molar-refractivity contribution is -0.246. The predicted octanol–water partition coefficient (Wildman–Crippen LogP) is 3.93. The lowest BCUT2D eigenvalue weighted by atomic mass is 9.45. The average Bonchev–Trinajstić information content (AvgIpc) is 2.84. The summed E-state index contributed by atoms with van der Waals surface area (Å²) in [5.74, 6) is 2.30. The summed E-state index contributed by atoms with van der Waals surface area (Å²) in [4.78, 5) is 12.4. The number of ketones is 1. The molecule has 7 atom stereocenters. The van der Waals surface area contributed by atoms with Crippen LogP contribution in [0.1, 0.15) is 71.6 Å². The molecule has 130 valence electrons. The molecule has 4 fully saturated rings. The molecule has 2 unspecified atom stereocenters. The van der Waals surface area contributed by atoms with Gasteiger partial charge in [-0.3, -0.25) is 4.79 Å². The summed E-state index contributed by atoms with van der Waals surface area (Å²) in [5, 5.41) is 10.6. The monoisotopic (exact) mass is 320 g/mol. The van der Waals surface area contributed by atoms with Crippen molar-refractivity contribution in [3.63, 3.8) is 0 Å². The van der Waals surface area contributed by atoms with Gasteiger partial charge in [-0.05, 0) is 67.6 Å². The first-order valence-corrected chi connectivity index (χ1v) is 9.63. The van der Waals surface area contributed by atoms with Gasteiger partial charge in [-0.15, -0.1) is 0 Å². The number of rotatable bonds is 1. The minimum Gasteiger partial charge on any atom is -0.365 e. The van der Waals surface area contributed by atoms with E-state index in [-0.39, 0.29) is 5.41 Å². The van der Waals surface area contributed by atoms with Crippen molar-refractivity contribution in [3.8, 4) is 0 Å². The summed E-state index contributed by atoms with van der Waals surface area (Å²) in [6, 6.07) is 0. The zero-order valence-electron chi connectivity index (χ0n) is 14.9. The van der Waals surface area contributed by atoms with E-state index in [0.717, 1.165) is 50.4 Å². The van der Waals surface area contributed by atoms with Crippen LogP contribution in [0, 0.1) is 34.5 Å². The fourth-order valence-electron chi connectivity index (χ4n) is 7.17. The van der Waals surface area contributed by atoms with Gasteiger partial charge in [0.15, 0.2) is 5.79 Å². The second-order valence-electron chi connectivity index (χ2n) is 9.43. The van der Waals surface area contributed by atoms with E-state index < -0.39 is 5.79 Å². The van der Waals surface area contributed by atoms with E-state index in [1.165, 1.54) is 19.3 Å². The Morgan fingerprint density at radius 3 is 2.57 bits per heavy atom. The van der Waals surface area contributed by atoms with Gasteiger partial charge in [0.2, 0.25) is 0 Å². The summed E-state index contributed by atoms with van der Waals surface area (Å²) >= 11 is 0. The highest BCUT2D eigenvalue weighted by Gasteiger charge is 2.61. The highest BCUT2D eigenvalue weighted by Crippen LogP contribution is 2.66. The third-order valence-corrected chi connectivity index (χ3v) is 8.77. The van der Waals surface area contributed by atoms with Crippen LogP contribution in [0.3, 0.4) is 0 Å². The molecule has 4 aliphatic carbocycles. The third kappa shape index (κ3) is 2.12. The van der Waals surface area contributed by atoms with Crippen LogP contribution in [0.5, 0.6) is 0 Å². The van der Waals surface area contributed by atoms with E-state index in [4.69, 9.17) is 4.74 Å². The Morgan fingerprint density at radius 2 is 1.83 bits per heavy atom. The van der Waals surface area contributed by atoms with Crippen LogP contribution in [0.15, 0.2) is 0 Å². The van der Waals surface area contributed by atoms with Gasteiger partial charge < -0.3 is 9.84 Å². The second-order valence-corrected chi connectivity index (χ2v) is 9.43. The minimum atomic E-state index is -0.899. The van der Waals surface area contributed by atoms with E-state index in [1.54, 1.807) is 7.11 Å². The third-order valence-electron chi connectivity index (χ3n) is 8.77. The number of hydrogen-bond acceptors (Lipinski definition) is 3. The second kappa shape index (κ2) is 5.05. The summed E-state index contributed by atoms with van der Waals surface area (Å²) in [6.07, 6.45) is 9.32. The molecule has 4 aliphatic rings. The van der Waals surface area contributed by atoms with Crippen molar-refractivity contribution in [1.29, 1.82) is 0 Å². The fourth-order valence-corrected chi connectivity index (χ4v) is 7.17. The molecule has 0 aromatic heterocycles. The average molecular weight is 320 g/mol. The maximum absolute atomic E-state index is 12.4. The standard InChI is InChI=1S/C20H32O3/c1-18-10-11-20(22,23-3)12-13(18)4-5-14-15-6-7-17(21)19(15,2)9-8-16(14)18/h13-16,22H,4-12H2,1-3H3/t13?,14-,15?,16-,18-,19-,20-/m0/s1. The van der Waals surface area contributed by atoms with E-state index in [2.05, 4.69) is 13.8 Å². The van der Waals surface area contributed by atoms with Crippen molar-refractivity contribution in [2.75, 3.05) is 7.11 Å². The molecule has 0 aromatic carbocycles. The number of fused-ring (bicyclic) bond motifs is 5. The fraction of sp³-hybridized carbons (Fsp3) is 0.950. The van der Waals surface area contributed by atoms with Crippen molar-refractivity contribution in [2.24, 2.45) is 34.5 Å². The highest BCUT2D eigenvalue weighted by molar-refractivity contribution is 5.87. The van der Waals surface area contributed by atoms with Crippen molar-refractivity contribution < 1.29 is 14.6 Å². The van der Waals surface area contributed by atoms with Crippen molar-refractivity contribution in [3.05, 3.63) is 0 Å². The highest BCUT2D eigenvalue weighted by atomic mass is 16.6. The molecule has 1 N–H and O–H groups in total. The Morgan fingerprint density at radius 1 is 1.04 bits per heavy atom. The smallest absolute Gasteiger partial charge is 0.165 e. The number of carbonyl (C=O) groups excluding carboxylic acids is 1. The molecule has 0 spiro atoms. The first-order valence-electron chi connectivity index (χ1n) is 9.63. The number of carbonyl (C=O) groups is 1. The van der Waals surface area contributed by atoms with Crippen molar-refractivity contribution in [2.45, 2.75) is 77.4 Å².